The van der Waals surface area contributed by atoms with E-state index >= 15 is 0 Å². The lowest BCUT2D eigenvalue weighted by atomic mass is 10.0. The zero-order chi connectivity index (χ0) is 13.8. The van der Waals surface area contributed by atoms with Crippen LogP contribution in [0.25, 0.3) is 0 Å². The van der Waals surface area contributed by atoms with E-state index in [1.165, 1.54) is 31.4 Å². The first kappa shape index (κ1) is 14.8. The molecule has 0 radical (unpaired) electrons. The van der Waals surface area contributed by atoms with Crippen LogP contribution in [0.4, 0.5) is 8.78 Å². The van der Waals surface area contributed by atoms with Crippen LogP contribution in [0.2, 0.25) is 0 Å². The van der Waals surface area contributed by atoms with Gasteiger partial charge in [0.05, 0.1) is 12.7 Å². The molecule has 0 unspecified atom stereocenters. The topological polar surface area (TPSA) is 26.3 Å². The summed E-state index contributed by atoms with van der Waals surface area (Å²) in [6.45, 7) is 3.41. The molecule has 0 bridgehead atoms. The Bertz CT molecular complexity index is 441. The van der Waals surface area contributed by atoms with Crippen LogP contribution in [0, 0.1) is 0 Å². The fourth-order valence-corrected chi connectivity index (χ4v) is 1.93. The van der Waals surface area contributed by atoms with Crippen molar-refractivity contribution in [2.45, 2.75) is 18.8 Å². The smallest absolute Gasteiger partial charge is 0.337 e. The van der Waals surface area contributed by atoms with Crippen LogP contribution in [0.1, 0.15) is 22.3 Å². The Hall–Kier alpha value is -1.23. The summed E-state index contributed by atoms with van der Waals surface area (Å²) in [6, 6.07) is 5.94. The highest BCUT2D eigenvalue weighted by Gasteiger charge is 2.29. The molecule has 0 fully saturated rings. The van der Waals surface area contributed by atoms with E-state index < -0.39 is 18.3 Å². The number of carbonyl (C=O) groups is 1. The highest BCUT2D eigenvalue weighted by atomic mass is 79.9. The SMILES string of the molecule is C=C(Br)CC(F)(F)Cc1ccc(C(=O)OC)cc1. The van der Waals surface area contributed by atoms with E-state index in [0.717, 1.165) is 0 Å². The molecule has 0 saturated carbocycles. The molecule has 0 aliphatic heterocycles. The van der Waals surface area contributed by atoms with Gasteiger partial charge >= 0.3 is 5.97 Å². The lowest BCUT2D eigenvalue weighted by Gasteiger charge is -2.15. The Morgan fingerprint density at radius 2 is 1.94 bits per heavy atom. The van der Waals surface area contributed by atoms with Crippen LogP contribution in [0.15, 0.2) is 35.3 Å². The normalized spacial score (nSPS) is 11.1. The predicted octanol–water partition coefficient (Wildman–Crippen LogP) is 3.95. The molecule has 0 saturated heterocycles. The van der Waals surface area contributed by atoms with Gasteiger partial charge in [0, 0.05) is 12.8 Å². The van der Waals surface area contributed by atoms with Gasteiger partial charge < -0.3 is 4.74 Å². The second-order valence-corrected chi connectivity index (χ2v) is 5.04. The summed E-state index contributed by atoms with van der Waals surface area (Å²) < 4.78 is 31.8. The van der Waals surface area contributed by atoms with Gasteiger partial charge in [0.2, 0.25) is 0 Å². The molecule has 1 aromatic carbocycles. The second-order valence-electron chi connectivity index (χ2n) is 3.92. The molecule has 0 aromatic heterocycles. The zero-order valence-electron chi connectivity index (χ0n) is 9.88. The number of rotatable bonds is 5. The van der Waals surface area contributed by atoms with E-state index in [-0.39, 0.29) is 10.9 Å². The Balaban J connectivity index is 2.74. The van der Waals surface area contributed by atoms with Crippen molar-refractivity contribution in [1.29, 1.82) is 0 Å². The number of benzene rings is 1. The molecule has 0 atom stereocenters. The summed E-state index contributed by atoms with van der Waals surface area (Å²) in [4.78, 5) is 11.2. The number of halogens is 3. The monoisotopic (exact) mass is 318 g/mol. The van der Waals surface area contributed by atoms with Gasteiger partial charge in [-0.25, -0.2) is 13.6 Å². The van der Waals surface area contributed by atoms with Crippen molar-refractivity contribution in [2.75, 3.05) is 7.11 Å². The Morgan fingerprint density at radius 1 is 1.39 bits per heavy atom. The third-order valence-electron chi connectivity index (χ3n) is 2.29. The summed E-state index contributed by atoms with van der Waals surface area (Å²) in [6.07, 6.45) is -0.801. The molecule has 1 aromatic rings. The van der Waals surface area contributed by atoms with E-state index in [1.54, 1.807) is 0 Å². The van der Waals surface area contributed by atoms with Crippen molar-refractivity contribution >= 4 is 21.9 Å². The molecule has 0 aliphatic rings. The maximum atomic E-state index is 13.5. The van der Waals surface area contributed by atoms with E-state index in [4.69, 9.17) is 0 Å². The van der Waals surface area contributed by atoms with Crippen molar-refractivity contribution in [3.05, 3.63) is 46.5 Å². The zero-order valence-corrected chi connectivity index (χ0v) is 11.5. The molecule has 5 heteroatoms. The first-order valence-electron chi connectivity index (χ1n) is 5.22. The number of alkyl halides is 2. The molecule has 0 spiro atoms. The average Bonchev–Trinajstić information content (AvgIpc) is 2.26. The van der Waals surface area contributed by atoms with Crippen molar-refractivity contribution in [1.82, 2.24) is 0 Å². The Kier molecular flexibility index (Phi) is 5.02. The molecule has 98 valence electrons. The van der Waals surface area contributed by atoms with Gasteiger partial charge in [-0.15, -0.1) is 0 Å². The Morgan fingerprint density at radius 3 is 2.39 bits per heavy atom. The maximum Gasteiger partial charge on any atom is 0.337 e. The van der Waals surface area contributed by atoms with Crippen LogP contribution in [0.5, 0.6) is 0 Å². The highest BCUT2D eigenvalue weighted by Crippen LogP contribution is 2.29. The van der Waals surface area contributed by atoms with Gasteiger partial charge in [-0.2, -0.15) is 0 Å². The largest absolute Gasteiger partial charge is 0.465 e. The molecule has 0 amide bonds. The average molecular weight is 319 g/mol. The predicted molar refractivity (Wildman–Crippen MR) is 69.1 cm³/mol. The quantitative estimate of drug-likeness (QED) is 0.768. The third kappa shape index (κ3) is 4.56. The number of esters is 1. The van der Waals surface area contributed by atoms with E-state index in [2.05, 4.69) is 27.2 Å². The van der Waals surface area contributed by atoms with Crippen LogP contribution in [-0.2, 0) is 11.2 Å². The lowest BCUT2D eigenvalue weighted by molar-refractivity contribution is 0.00433. The van der Waals surface area contributed by atoms with Crippen molar-refractivity contribution in [3.63, 3.8) is 0 Å². The first-order valence-corrected chi connectivity index (χ1v) is 6.02. The number of allylic oxidation sites excluding steroid dienone is 1. The minimum Gasteiger partial charge on any atom is -0.465 e. The highest BCUT2D eigenvalue weighted by molar-refractivity contribution is 9.11. The second kappa shape index (κ2) is 6.09. The van der Waals surface area contributed by atoms with Gasteiger partial charge in [0.25, 0.3) is 5.92 Å². The molecule has 0 heterocycles. The van der Waals surface area contributed by atoms with Crippen LogP contribution in [-0.4, -0.2) is 19.0 Å². The molecule has 2 nitrogen and oxygen atoms in total. The summed E-state index contributed by atoms with van der Waals surface area (Å²) >= 11 is 2.93. The lowest BCUT2D eigenvalue weighted by Crippen LogP contribution is -2.19. The Labute approximate surface area is 113 Å². The molecule has 18 heavy (non-hydrogen) atoms. The molecule has 1 rings (SSSR count). The number of methoxy groups -OCH3 is 1. The molecule has 0 aliphatic carbocycles. The number of hydrogen-bond donors (Lipinski definition) is 0. The minimum absolute atomic E-state index is 0.263. The fraction of sp³-hybridized carbons (Fsp3) is 0.308. The molecular weight excluding hydrogens is 306 g/mol. The first-order chi connectivity index (χ1) is 8.34. The molecular formula is C13H13BrF2O2. The van der Waals surface area contributed by atoms with Crippen molar-refractivity contribution < 1.29 is 18.3 Å². The summed E-state index contributed by atoms with van der Waals surface area (Å²) in [5.41, 5.74) is 0.802. The number of hydrogen-bond acceptors (Lipinski definition) is 2. The summed E-state index contributed by atoms with van der Waals surface area (Å²) in [7, 11) is 1.27. The van der Waals surface area contributed by atoms with Gasteiger partial charge in [-0.3, -0.25) is 0 Å². The fourth-order valence-electron chi connectivity index (χ4n) is 1.52. The van der Waals surface area contributed by atoms with Crippen molar-refractivity contribution in [3.8, 4) is 0 Å². The van der Waals surface area contributed by atoms with E-state index in [9.17, 15) is 13.6 Å². The minimum atomic E-state index is -2.85. The number of carbonyl (C=O) groups excluding carboxylic acids is 1. The van der Waals surface area contributed by atoms with E-state index in [0.29, 0.717) is 11.1 Å². The summed E-state index contributed by atoms with van der Waals surface area (Å²) in [5, 5.41) is 0. The van der Waals surface area contributed by atoms with Crippen LogP contribution >= 0.6 is 15.9 Å². The maximum absolute atomic E-state index is 13.5. The van der Waals surface area contributed by atoms with Gasteiger partial charge in [0.1, 0.15) is 0 Å². The van der Waals surface area contributed by atoms with Gasteiger partial charge in [-0.1, -0.05) is 34.6 Å². The standard InChI is InChI=1S/C13H13BrF2O2/c1-9(14)7-13(15,16)8-10-3-5-11(6-4-10)12(17)18-2/h3-6H,1,7-8H2,2H3. The third-order valence-corrected chi connectivity index (χ3v) is 2.57. The van der Waals surface area contributed by atoms with Crippen LogP contribution < -0.4 is 0 Å². The van der Waals surface area contributed by atoms with Gasteiger partial charge in [-0.05, 0) is 22.2 Å². The van der Waals surface area contributed by atoms with Crippen molar-refractivity contribution in [2.24, 2.45) is 0 Å². The molecule has 0 N–H and O–H groups in total. The van der Waals surface area contributed by atoms with E-state index in [1.807, 2.05) is 0 Å². The number of ether oxygens (including phenoxy) is 1. The van der Waals surface area contributed by atoms with Crippen LogP contribution in [0.3, 0.4) is 0 Å². The summed E-state index contributed by atoms with van der Waals surface area (Å²) in [5.74, 6) is -3.34. The van der Waals surface area contributed by atoms with Gasteiger partial charge in [0.15, 0.2) is 0 Å².